The van der Waals surface area contributed by atoms with E-state index in [9.17, 15) is 9.18 Å². The van der Waals surface area contributed by atoms with Gasteiger partial charge in [-0.15, -0.1) is 11.3 Å². The maximum atomic E-state index is 13.4. The second-order valence-corrected chi connectivity index (χ2v) is 8.11. The third-order valence-electron chi connectivity index (χ3n) is 5.41. The number of rotatable bonds is 3. The number of carbonyl (C=O) groups is 1. The summed E-state index contributed by atoms with van der Waals surface area (Å²) in [7, 11) is 0. The molecule has 3 heterocycles. The number of hydrogen-bond donors (Lipinski definition) is 0. The van der Waals surface area contributed by atoms with Crippen LogP contribution in [0.5, 0.6) is 0 Å². The van der Waals surface area contributed by atoms with E-state index in [-0.39, 0.29) is 11.7 Å². The molecule has 5 rings (SSSR count). The Balaban J connectivity index is 1.49. The summed E-state index contributed by atoms with van der Waals surface area (Å²) in [5.74, 6) is -0.194. The first-order chi connectivity index (χ1) is 13.7. The van der Waals surface area contributed by atoms with Gasteiger partial charge in [0.25, 0.3) is 5.91 Å². The van der Waals surface area contributed by atoms with E-state index in [2.05, 4.69) is 22.8 Å². The molecule has 0 unspecified atom stereocenters. The van der Waals surface area contributed by atoms with Gasteiger partial charge in [0.1, 0.15) is 11.5 Å². The molecule has 0 spiro atoms. The highest BCUT2D eigenvalue weighted by atomic mass is 32.1. The topological polar surface area (TPSA) is 25.2 Å². The highest BCUT2D eigenvalue weighted by Crippen LogP contribution is 2.28. The summed E-state index contributed by atoms with van der Waals surface area (Å²) in [6, 6.07) is 18.9. The molecule has 1 aliphatic heterocycles. The van der Waals surface area contributed by atoms with Crippen molar-refractivity contribution in [1.82, 2.24) is 9.47 Å². The van der Waals surface area contributed by atoms with E-state index < -0.39 is 0 Å². The Hall–Kier alpha value is -2.92. The van der Waals surface area contributed by atoms with Gasteiger partial charge in [-0.1, -0.05) is 36.4 Å². The summed E-state index contributed by atoms with van der Waals surface area (Å²) in [6.45, 7) is 1.92. The van der Waals surface area contributed by atoms with Crippen LogP contribution >= 0.6 is 11.3 Å². The lowest BCUT2D eigenvalue weighted by molar-refractivity contribution is 0.0724. The predicted octanol–water partition coefficient (Wildman–Crippen LogP) is 5.09. The van der Waals surface area contributed by atoms with Gasteiger partial charge in [0.05, 0.1) is 10.2 Å². The van der Waals surface area contributed by atoms with Crippen molar-refractivity contribution in [2.24, 2.45) is 0 Å². The number of aromatic nitrogens is 1. The summed E-state index contributed by atoms with van der Waals surface area (Å²) in [4.78, 5) is 15.3. The van der Waals surface area contributed by atoms with E-state index in [1.54, 1.807) is 23.5 Å². The van der Waals surface area contributed by atoms with Gasteiger partial charge < -0.3 is 9.47 Å². The maximum absolute atomic E-state index is 13.4. The van der Waals surface area contributed by atoms with Crippen LogP contribution in [0.3, 0.4) is 0 Å². The number of carbonyl (C=O) groups excluding carboxylic acids is 1. The van der Waals surface area contributed by atoms with Gasteiger partial charge in [-0.05, 0) is 52.8 Å². The second-order valence-electron chi connectivity index (χ2n) is 7.16. The van der Waals surface area contributed by atoms with Gasteiger partial charge in [0.2, 0.25) is 0 Å². The van der Waals surface area contributed by atoms with Crippen LogP contribution in [0.15, 0.2) is 66.0 Å². The molecule has 0 saturated heterocycles. The molecule has 28 heavy (non-hydrogen) atoms. The van der Waals surface area contributed by atoms with Gasteiger partial charge in [-0.3, -0.25) is 4.79 Å². The molecular weight excluding hydrogens is 371 g/mol. The molecule has 0 N–H and O–H groups in total. The van der Waals surface area contributed by atoms with E-state index in [0.29, 0.717) is 18.8 Å². The van der Waals surface area contributed by atoms with Crippen LogP contribution in [0.25, 0.3) is 10.2 Å². The molecule has 140 valence electrons. The van der Waals surface area contributed by atoms with Gasteiger partial charge in [-0.2, -0.15) is 0 Å². The molecule has 5 heteroatoms. The van der Waals surface area contributed by atoms with Crippen LogP contribution in [-0.4, -0.2) is 21.9 Å². The van der Waals surface area contributed by atoms with Crippen LogP contribution in [0.2, 0.25) is 0 Å². The van der Waals surface area contributed by atoms with Crippen LogP contribution in [0.4, 0.5) is 4.39 Å². The van der Waals surface area contributed by atoms with Crippen molar-refractivity contribution < 1.29 is 9.18 Å². The van der Waals surface area contributed by atoms with Gasteiger partial charge >= 0.3 is 0 Å². The van der Waals surface area contributed by atoms with Crippen molar-refractivity contribution in [3.63, 3.8) is 0 Å². The van der Waals surface area contributed by atoms with Crippen molar-refractivity contribution in [3.05, 3.63) is 94.2 Å². The zero-order chi connectivity index (χ0) is 19.1. The Labute approximate surface area is 166 Å². The van der Waals surface area contributed by atoms with Crippen molar-refractivity contribution >= 4 is 27.5 Å². The molecular formula is C23H19FN2OS. The Bertz CT molecular complexity index is 1160. The Morgan fingerprint density at radius 2 is 1.82 bits per heavy atom. The molecule has 2 aromatic heterocycles. The average Bonchev–Trinajstić information content (AvgIpc) is 3.31. The minimum absolute atomic E-state index is 0.0556. The third kappa shape index (κ3) is 3.02. The molecule has 0 bridgehead atoms. The molecule has 4 aromatic rings. The maximum Gasteiger partial charge on any atom is 0.270 e. The zero-order valence-electron chi connectivity index (χ0n) is 15.3. The highest BCUT2D eigenvalue weighted by molar-refractivity contribution is 7.17. The number of hydrogen-bond acceptors (Lipinski definition) is 2. The van der Waals surface area contributed by atoms with Gasteiger partial charge in [0.15, 0.2) is 0 Å². The van der Waals surface area contributed by atoms with Crippen molar-refractivity contribution in [2.75, 3.05) is 6.54 Å². The van der Waals surface area contributed by atoms with Crippen LogP contribution in [-0.2, 0) is 19.5 Å². The van der Waals surface area contributed by atoms with E-state index >= 15 is 0 Å². The Morgan fingerprint density at radius 1 is 1.04 bits per heavy atom. The van der Waals surface area contributed by atoms with Crippen molar-refractivity contribution in [3.8, 4) is 0 Å². The molecule has 0 aliphatic carbocycles. The summed E-state index contributed by atoms with van der Waals surface area (Å²) in [5, 5.41) is 2.04. The smallest absolute Gasteiger partial charge is 0.270 e. The molecule has 0 saturated carbocycles. The van der Waals surface area contributed by atoms with Crippen LogP contribution in [0, 0.1) is 5.82 Å². The van der Waals surface area contributed by atoms with Crippen LogP contribution in [0.1, 0.15) is 27.2 Å². The normalized spacial score (nSPS) is 13.7. The molecule has 3 nitrogen and oxygen atoms in total. The first-order valence-corrected chi connectivity index (χ1v) is 10.2. The largest absolute Gasteiger partial charge is 0.333 e. The molecule has 0 fully saturated rings. The lowest BCUT2D eigenvalue weighted by Gasteiger charge is -2.29. The van der Waals surface area contributed by atoms with E-state index in [1.807, 2.05) is 28.5 Å². The van der Waals surface area contributed by atoms with Gasteiger partial charge in [-0.25, -0.2) is 4.39 Å². The quantitative estimate of drug-likeness (QED) is 0.478. The van der Waals surface area contributed by atoms with E-state index in [1.165, 1.54) is 23.3 Å². The molecule has 2 aromatic carbocycles. The van der Waals surface area contributed by atoms with Crippen molar-refractivity contribution in [1.29, 1.82) is 0 Å². The SMILES string of the molecule is O=C(c1cc2sccc2n1Cc1ccc(F)cc1)N1CCc2ccccc2C1. The second kappa shape index (κ2) is 6.91. The zero-order valence-corrected chi connectivity index (χ0v) is 16.1. The number of amides is 1. The van der Waals surface area contributed by atoms with E-state index in [0.717, 1.165) is 28.7 Å². The number of thiophene rings is 1. The Morgan fingerprint density at radius 3 is 2.64 bits per heavy atom. The average molecular weight is 390 g/mol. The number of halogens is 1. The minimum atomic E-state index is -0.250. The standard InChI is InChI=1S/C23H19FN2OS/c24-19-7-5-16(6-8-19)14-26-20-10-12-28-22(20)13-21(26)23(27)25-11-9-17-3-1-2-4-18(17)15-25/h1-8,10,12-13H,9,11,14-15H2. The first-order valence-electron chi connectivity index (χ1n) is 9.36. The highest BCUT2D eigenvalue weighted by Gasteiger charge is 2.25. The summed E-state index contributed by atoms with van der Waals surface area (Å²) in [6.07, 6.45) is 0.884. The predicted molar refractivity (Wildman–Crippen MR) is 110 cm³/mol. The number of benzene rings is 2. The monoisotopic (exact) mass is 390 g/mol. The number of fused-ring (bicyclic) bond motifs is 2. The summed E-state index contributed by atoms with van der Waals surface area (Å²) >= 11 is 1.64. The number of nitrogens with zero attached hydrogens (tertiary/aromatic N) is 2. The molecule has 1 aliphatic rings. The fraction of sp³-hybridized carbons (Fsp3) is 0.174. The molecule has 1 amide bonds. The fourth-order valence-corrected chi connectivity index (χ4v) is 4.75. The lowest BCUT2D eigenvalue weighted by atomic mass is 10.00. The van der Waals surface area contributed by atoms with Gasteiger partial charge in [0, 0.05) is 19.6 Å². The first kappa shape index (κ1) is 17.2. The van der Waals surface area contributed by atoms with E-state index in [4.69, 9.17) is 0 Å². The third-order valence-corrected chi connectivity index (χ3v) is 6.27. The molecule has 0 atom stereocenters. The summed E-state index contributed by atoms with van der Waals surface area (Å²) in [5.41, 5.74) is 5.28. The fourth-order valence-electron chi connectivity index (χ4n) is 3.93. The molecule has 0 radical (unpaired) electrons. The summed E-state index contributed by atoms with van der Waals surface area (Å²) < 4.78 is 16.4. The van der Waals surface area contributed by atoms with Crippen molar-refractivity contribution in [2.45, 2.75) is 19.5 Å². The Kier molecular flexibility index (Phi) is 4.24. The van der Waals surface area contributed by atoms with Crippen LogP contribution < -0.4 is 0 Å². The minimum Gasteiger partial charge on any atom is -0.333 e. The lowest BCUT2D eigenvalue weighted by Crippen LogP contribution is -2.37.